The highest BCUT2D eigenvalue weighted by molar-refractivity contribution is 5.98. The molecule has 21 heavy (non-hydrogen) atoms. The molecule has 3 rings (SSSR count). The van der Waals surface area contributed by atoms with E-state index in [1.165, 1.54) is 6.92 Å². The van der Waals surface area contributed by atoms with Gasteiger partial charge in [-0.1, -0.05) is 47.7 Å². The number of aryl methyl sites for hydroxylation is 1. The molecule has 104 valence electrons. The molecule has 4 heteroatoms. The molecular weight excluding hydrogens is 262 g/mol. The molecule has 4 nitrogen and oxygen atoms in total. The first-order chi connectivity index (χ1) is 10.2. The normalized spacial score (nSPS) is 10.6. The number of aromatic nitrogens is 3. The summed E-state index contributed by atoms with van der Waals surface area (Å²) >= 11 is 0. The van der Waals surface area contributed by atoms with E-state index in [4.69, 9.17) is 0 Å². The molecule has 0 aliphatic rings. The molecule has 3 aromatic rings. The lowest BCUT2D eigenvalue weighted by molar-refractivity contribution is 0.101. The number of rotatable bonds is 3. The molecule has 0 bridgehead atoms. The lowest BCUT2D eigenvalue weighted by Gasteiger charge is -2.08. The predicted molar refractivity (Wildman–Crippen MR) is 81.5 cm³/mol. The zero-order chi connectivity index (χ0) is 14.8. The number of hydrogen-bond donors (Lipinski definition) is 0. The standard InChI is InChI=1S/C17H15N3O/c1-12-7-6-10-15(11-12)20-17(14-8-4-3-5-9-14)16(13(2)21)18-19-20/h3-11H,1-2H3. The first kappa shape index (κ1) is 13.2. The highest BCUT2D eigenvalue weighted by Gasteiger charge is 2.19. The van der Waals surface area contributed by atoms with Crippen molar-refractivity contribution in [3.8, 4) is 16.9 Å². The molecule has 0 atom stereocenters. The van der Waals surface area contributed by atoms with Gasteiger partial charge in [-0.2, -0.15) is 0 Å². The Labute approximate surface area is 123 Å². The summed E-state index contributed by atoms with van der Waals surface area (Å²) in [5.41, 5.74) is 4.07. The van der Waals surface area contributed by atoms with Crippen LogP contribution in [-0.4, -0.2) is 20.8 Å². The molecule has 0 saturated heterocycles. The van der Waals surface area contributed by atoms with Crippen molar-refractivity contribution < 1.29 is 4.79 Å². The average Bonchev–Trinajstić information content (AvgIpc) is 2.93. The van der Waals surface area contributed by atoms with Crippen molar-refractivity contribution in [1.29, 1.82) is 0 Å². The molecule has 1 heterocycles. The minimum Gasteiger partial charge on any atom is -0.293 e. The van der Waals surface area contributed by atoms with E-state index in [0.717, 1.165) is 22.5 Å². The number of nitrogens with zero attached hydrogens (tertiary/aromatic N) is 3. The summed E-state index contributed by atoms with van der Waals surface area (Å²) in [4.78, 5) is 11.8. The number of hydrogen-bond acceptors (Lipinski definition) is 3. The van der Waals surface area contributed by atoms with E-state index in [1.54, 1.807) is 4.68 Å². The van der Waals surface area contributed by atoms with Crippen LogP contribution in [0.15, 0.2) is 54.6 Å². The lowest BCUT2D eigenvalue weighted by Crippen LogP contribution is -2.02. The molecule has 0 radical (unpaired) electrons. The molecule has 0 amide bonds. The van der Waals surface area contributed by atoms with Crippen LogP contribution in [-0.2, 0) is 0 Å². The Morgan fingerprint density at radius 3 is 2.48 bits per heavy atom. The molecule has 0 spiro atoms. The van der Waals surface area contributed by atoms with Crippen LogP contribution in [0.3, 0.4) is 0 Å². The molecule has 0 fully saturated rings. The largest absolute Gasteiger partial charge is 0.293 e. The number of ketones is 1. The quantitative estimate of drug-likeness (QED) is 0.689. The summed E-state index contributed by atoms with van der Waals surface area (Å²) in [6.07, 6.45) is 0. The number of benzene rings is 2. The monoisotopic (exact) mass is 277 g/mol. The predicted octanol–water partition coefficient (Wildman–Crippen LogP) is 3.45. The fraction of sp³-hybridized carbons (Fsp3) is 0.118. The maximum Gasteiger partial charge on any atom is 0.182 e. The summed E-state index contributed by atoms with van der Waals surface area (Å²) < 4.78 is 1.72. The van der Waals surface area contributed by atoms with Gasteiger partial charge in [0.25, 0.3) is 0 Å². The first-order valence-corrected chi connectivity index (χ1v) is 6.76. The number of carbonyl (C=O) groups is 1. The summed E-state index contributed by atoms with van der Waals surface area (Å²) in [5.74, 6) is -0.0900. The molecule has 0 saturated carbocycles. The van der Waals surface area contributed by atoms with Gasteiger partial charge in [-0.05, 0) is 24.6 Å². The lowest BCUT2D eigenvalue weighted by atomic mass is 10.1. The Bertz CT molecular complexity index is 791. The van der Waals surface area contributed by atoms with Gasteiger partial charge in [-0.3, -0.25) is 4.79 Å². The molecular formula is C17H15N3O. The Kier molecular flexibility index (Phi) is 3.36. The second-order valence-electron chi connectivity index (χ2n) is 4.96. The van der Waals surface area contributed by atoms with Crippen molar-refractivity contribution in [1.82, 2.24) is 15.0 Å². The fourth-order valence-electron chi connectivity index (χ4n) is 2.31. The van der Waals surface area contributed by atoms with E-state index in [9.17, 15) is 4.79 Å². The zero-order valence-corrected chi connectivity index (χ0v) is 11.9. The van der Waals surface area contributed by atoms with Gasteiger partial charge >= 0.3 is 0 Å². The minimum absolute atomic E-state index is 0.0900. The van der Waals surface area contributed by atoms with Crippen LogP contribution < -0.4 is 0 Å². The average molecular weight is 277 g/mol. The van der Waals surface area contributed by atoms with Crippen LogP contribution in [0.2, 0.25) is 0 Å². The Hall–Kier alpha value is -2.75. The van der Waals surface area contributed by atoms with Gasteiger partial charge in [0.15, 0.2) is 11.5 Å². The zero-order valence-electron chi connectivity index (χ0n) is 11.9. The first-order valence-electron chi connectivity index (χ1n) is 6.76. The van der Waals surface area contributed by atoms with Crippen molar-refractivity contribution in [3.63, 3.8) is 0 Å². The van der Waals surface area contributed by atoms with E-state index < -0.39 is 0 Å². The van der Waals surface area contributed by atoms with Crippen molar-refractivity contribution in [3.05, 3.63) is 65.9 Å². The summed E-state index contributed by atoms with van der Waals surface area (Å²) in [6.45, 7) is 3.53. The van der Waals surface area contributed by atoms with Gasteiger partial charge in [0.05, 0.1) is 5.69 Å². The van der Waals surface area contributed by atoms with E-state index in [1.807, 2.05) is 61.5 Å². The van der Waals surface area contributed by atoms with Crippen molar-refractivity contribution in [2.45, 2.75) is 13.8 Å². The maximum absolute atomic E-state index is 11.8. The number of Topliss-reactive ketones (excluding diaryl/α,β-unsaturated/α-hetero) is 1. The number of carbonyl (C=O) groups excluding carboxylic acids is 1. The SMILES string of the molecule is CC(=O)c1nnn(-c2cccc(C)c2)c1-c1ccccc1. The van der Waals surface area contributed by atoms with E-state index in [-0.39, 0.29) is 5.78 Å². The third-order valence-electron chi connectivity index (χ3n) is 3.30. The molecule has 0 unspecified atom stereocenters. The molecule has 0 aliphatic heterocycles. The summed E-state index contributed by atoms with van der Waals surface area (Å²) in [6, 6.07) is 17.7. The van der Waals surface area contributed by atoms with Gasteiger partial charge in [0.2, 0.25) is 0 Å². The second kappa shape index (κ2) is 5.32. The molecule has 2 aromatic carbocycles. The van der Waals surface area contributed by atoms with Crippen LogP contribution in [0.1, 0.15) is 23.0 Å². The topological polar surface area (TPSA) is 47.8 Å². The molecule has 1 aromatic heterocycles. The van der Waals surface area contributed by atoms with Gasteiger partial charge in [-0.25, -0.2) is 4.68 Å². The highest BCUT2D eigenvalue weighted by atomic mass is 16.1. The van der Waals surface area contributed by atoms with Crippen molar-refractivity contribution in [2.75, 3.05) is 0 Å². The minimum atomic E-state index is -0.0900. The maximum atomic E-state index is 11.8. The molecule has 0 N–H and O–H groups in total. The Balaban J connectivity index is 2.25. The van der Waals surface area contributed by atoms with E-state index in [2.05, 4.69) is 10.3 Å². The molecule has 0 aliphatic carbocycles. The van der Waals surface area contributed by atoms with Crippen LogP contribution in [0.4, 0.5) is 0 Å². The van der Waals surface area contributed by atoms with Crippen LogP contribution in [0.5, 0.6) is 0 Å². The Morgan fingerprint density at radius 2 is 1.81 bits per heavy atom. The van der Waals surface area contributed by atoms with E-state index in [0.29, 0.717) is 5.69 Å². The van der Waals surface area contributed by atoms with Crippen LogP contribution in [0, 0.1) is 6.92 Å². The fourth-order valence-corrected chi connectivity index (χ4v) is 2.31. The third kappa shape index (κ3) is 2.48. The van der Waals surface area contributed by atoms with Gasteiger partial charge < -0.3 is 0 Å². The van der Waals surface area contributed by atoms with E-state index >= 15 is 0 Å². The third-order valence-corrected chi connectivity index (χ3v) is 3.30. The van der Waals surface area contributed by atoms with Crippen molar-refractivity contribution in [2.24, 2.45) is 0 Å². The van der Waals surface area contributed by atoms with Crippen molar-refractivity contribution >= 4 is 5.78 Å². The van der Waals surface area contributed by atoms with Gasteiger partial charge in [0, 0.05) is 12.5 Å². The summed E-state index contributed by atoms with van der Waals surface area (Å²) in [5, 5.41) is 8.23. The van der Waals surface area contributed by atoms with Gasteiger partial charge in [0.1, 0.15) is 5.69 Å². The smallest absolute Gasteiger partial charge is 0.182 e. The van der Waals surface area contributed by atoms with Gasteiger partial charge in [-0.15, -0.1) is 5.10 Å². The van der Waals surface area contributed by atoms with Crippen LogP contribution in [0.25, 0.3) is 16.9 Å². The Morgan fingerprint density at radius 1 is 1.05 bits per heavy atom. The summed E-state index contributed by atoms with van der Waals surface area (Å²) in [7, 11) is 0. The second-order valence-corrected chi connectivity index (χ2v) is 4.96. The van der Waals surface area contributed by atoms with Crippen LogP contribution >= 0.6 is 0 Å². The highest BCUT2D eigenvalue weighted by Crippen LogP contribution is 2.25.